The van der Waals surface area contributed by atoms with Crippen LogP contribution < -0.4 is 4.74 Å². The first-order chi connectivity index (χ1) is 11.5. The van der Waals surface area contributed by atoms with Crippen molar-refractivity contribution in [3.8, 4) is 5.75 Å². The van der Waals surface area contributed by atoms with Crippen molar-refractivity contribution >= 4 is 15.8 Å². The summed E-state index contributed by atoms with van der Waals surface area (Å²) in [6.45, 7) is 0.594. The fourth-order valence-corrected chi connectivity index (χ4v) is 4.24. The summed E-state index contributed by atoms with van der Waals surface area (Å²) < 4.78 is 36.8. The van der Waals surface area contributed by atoms with Crippen molar-refractivity contribution in [2.24, 2.45) is 5.92 Å². The minimum atomic E-state index is -3.56. The first kappa shape index (κ1) is 16.7. The number of benzene rings is 1. The minimum absolute atomic E-state index is 0.0893. The number of carbonyl (C=O) groups excluding carboxylic acids is 1. The lowest BCUT2D eigenvalue weighted by Gasteiger charge is -2.30. The highest BCUT2D eigenvalue weighted by atomic mass is 32.2. The molecule has 1 saturated heterocycles. The monoisotopic (exact) mass is 350 g/mol. The van der Waals surface area contributed by atoms with Gasteiger partial charge in [-0.1, -0.05) is 0 Å². The second-order valence-corrected chi connectivity index (χ2v) is 7.49. The van der Waals surface area contributed by atoms with E-state index in [4.69, 9.17) is 9.15 Å². The number of oxazole rings is 1. The number of Topliss-reactive ketones (excluding diaryl/α,β-unsaturated/α-hetero) is 1. The largest absolute Gasteiger partial charge is 0.497 e. The maximum atomic E-state index is 12.7. The van der Waals surface area contributed by atoms with E-state index in [9.17, 15) is 13.2 Å². The van der Waals surface area contributed by atoms with Gasteiger partial charge in [-0.3, -0.25) is 4.79 Å². The molecular weight excluding hydrogens is 332 g/mol. The molecule has 0 aliphatic carbocycles. The van der Waals surface area contributed by atoms with Crippen molar-refractivity contribution in [1.29, 1.82) is 0 Å². The van der Waals surface area contributed by atoms with Crippen LogP contribution in [0, 0.1) is 5.92 Å². The van der Waals surface area contributed by atoms with E-state index in [1.54, 1.807) is 12.1 Å². The first-order valence-corrected chi connectivity index (χ1v) is 9.04. The molecule has 1 aromatic heterocycles. The Hall–Kier alpha value is -2.19. The van der Waals surface area contributed by atoms with Crippen LogP contribution in [0.3, 0.4) is 0 Å². The van der Waals surface area contributed by atoms with Gasteiger partial charge in [0.05, 0.1) is 18.2 Å². The third-order valence-corrected chi connectivity index (χ3v) is 6.08. The molecule has 1 aliphatic heterocycles. The van der Waals surface area contributed by atoms with Crippen LogP contribution in [0.1, 0.15) is 23.5 Å². The number of methoxy groups -OCH3 is 1. The van der Waals surface area contributed by atoms with E-state index in [1.165, 1.54) is 36.0 Å². The molecule has 128 valence electrons. The Balaban J connectivity index is 1.68. The lowest BCUT2D eigenvalue weighted by Crippen LogP contribution is -2.40. The van der Waals surface area contributed by atoms with Gasteiger partial charge < -0.3 is 9.15 Å². The van der Waals surface area contributed by atoms with Crippen molar-refractivity contribution in [1.82, 2.24) is 9.29 Å². The third kappa shape index (κ3) is 3.20. The lowest BCUT2D eigenvalue weighted by atomic mass is 9.93. The maximum Gasteiger partial charge on any atom is 0.263 e. The Kier molecular flexibility index (Phi) is 4.68. The van der Waals surface area contributed by atoms with E-state index in [2.05, 4.69) is 4.98 Å². The highest BCUT2D eigenvalue weighted by Crippen LogP contribution is 2.26. The van der Waals surface area contributed by atoms with Gasteiger partial charge >= 0.3 is 0 Å². The summed E-state index contributed by atoms with van der Waals surface area (Å²) in [5, 5.41) is 0. The molecule has 0 spiro atoms. The van der Waals surface area contributed by atoms with Gasteiger partial charge in [0.2, 0.25) is 15.8 Å². The Bertz CT molecular complexity index is 792. The number of hydrogen-bond donors (Lipinski definition) is 0. The molecule has 0 radical (unpaired) electrons. The molecular formula is C16H18N2O5S. The van der Waals surface area contributed by atoms with Crippen molar-refractivity contribution < 1.29 is 22.4 Å². The van der Waals surface area contributed by atoms with Gasteiger partial charge in [0.1, 0.15) is 12.0 Å². The van der Waals surface area contributed by atoms with Gasteiger partial charge in [-0.15, -0.1) is 0 Å². The Morgan fingerprint density at radius 1 is 1.25 bits per heavy atom. The fraction of sp³-hybridized carbons (Fsp3) is 0.375. The summed E-state index contributed by atoms with van der Waals surface area (Å²) in [7, 11) is -2.04. The van der Waals surface area contributed by atoms with E-state index in [0.717, 1.165) is 0 Å². The van der Waals surface area contributed by atoms with Gasteiger partial charge in [0.25, 0.3) is 5.89 Å². The number of ketones is 1. The summed E-state index contributed by atoms with van der Waals surface area (Å²) in [6.07, 6.45) is 3.69. The summed E-state index contributed by atoms with van der Waals surface area (Å²) >= 11 is 0. The van der Waals surface area contributed by atoms with Crippen LogP contribution in [-0.2, 0) is 10.0 Å². The van der Waals surface area contributed by atoms with Gasteiger partial charge in [0, 0.05) is 19.0 Å². The molecule has 8 heteroatoms. The number of piperidine rings is 1. The number of aromatic nitrogens is 1. The number of nitrogens with zero attached hydrogens (tertiary/aromatic N) is 2. The Morgan fingerprint density at radius 2 is 1.92 bits per heavy atom. The second-order valence-electron chi connectivity index (χ2n) is 5.56. The predicted octanol–water partition coefficient (Wildman–Crippen LogP) is 1.97. The highest BCUT2D eigenvalue weighted by molar-refractivity contribution is 7.89. The van der Waals surface area contributed by atoms with Crippen molar-refractivity contribution in [2.45, 2.75) is 17.7 Å². The molecule has 7 nitrogen and oxygen atoms in total. The van der Waals surface area contributed by atoms with Gasteiger partial charge in [0.15, 0.2) is 0 Å². The fourth-order valence-electron chi connectivity index (χ4n) is 2.77. The average molecular weight is 350 g/mol. The van der Waals surface area contributed by atoms with Crippen LogP contribution >= 0.6 is 0 Å². The summed E-state index contributed by atoms with van der Waals surface area (Å²) in [4.78, 5) is 16.3. The van der Waals surface area contributed by atoms with Crippen LogP contribution in [-0.4, -0.2) is 43.7 Å². The predicted molar refractivity (Wildman–Crippen MR) is 85.3 cm³/mol. The molecule has 0 unspecified atom stereocenters. The minimum Gasteiger partial charge on any atom is -0.497 e. The number of carbonyl (C=O) groups is 1. The number of rotatable bonds is 5. The molecule has 0 N–H and O–H groups in total. The van der Waals surface area contributed by atoms with Crippen LogP contribution in [0.5, 0.6) is 5.75 Å². The van der Waals surface area contributed by atoms with Crippen LogP contribution in [0.2, 0.25) is 0 Å². The van der Waals surface area contributed by atoms with Crippen molar-refractivity contribution in [3.63, 3.8) is 0 Å². The summed E-state index contributed by atoms with van der Waals surface area (Å²) in [5.74, 6) is 0.267. The average Bonchev–Trinajstić information content (AvgIpc) is 3.16. The molecule has 2 aromatic rings. The Morgan fingerprint density at radius 3 is 2.46 bits per heavy atom. The van der Waals surface area contributed by atoms with Crippen molar-refractivity contribution in [3.05, 3.63) is 42.6 Å². The number of hydrogen-bond acceptors (Lipinski definition) is 6. The van der Waals surface area contributed by atoms with E-state index < -0.39 is 10.0 Å². The van der Waals surface area contributed by atoms with Crippen LogP contribution in [0.25, 0.3) is 0 Å². The third-order valence-electron chi connectivity index (χ3n) is 4.17. The topological polar surface area (TPSA) is 89.7 Å². The zero-order valence-electron chi connectivity index (χ0n) is 13.2. The zero-order valence-corrected chi connectivity index (χ0v) is 14.0. The molecule has 1 aliphatic rings. The normalized spacial score (nSPS) is 16.9. The zero-order chi connectivity index (χ0) is 17.2. The maximum absolute atomic E-state index is 12.7. The van der Waals surface area contributed by atoms with E-state index in [1.807, 2.05) is 0 Å². The smallest absolute Gasteiger partial charge is 0.263 e. The summed E-state index contributed by atoms with van der Waals surface area (Å²) in [6, 6.07) is 6.29. The number of sulfonamides is 1. The van der Waals surface area contributed by atoms with E-state index in [-0.39, 0.29) is 22.5 Å². The molecule has 0 saturated carbocycles. The van der Waals surface area contributed by atoms with E-state index in [0.29, 0.717) is 31.7 Å². The highest BCUT2D eigenvalue weighted by Gasteiger charge is 2.33. The Labute approximate surface area is 140 Å². The summed E-state index contributed by atoms with van der Waals surface area (Å²) in [5.41, 5.74) is 0. The van der Waals surface area contributed by atoms with Crippen LogP contribution in [0.4, 0.5) is 0 Å². The molecule has 0 amide bonds. The quantitative estimate of drug-likeness (QED) is 0.766. The molecule has 3 rings (SSSR count). The molecule has 0 bridgehead atoms. The molecule has 2 heterocycles. The first-order valence-electron chi connectivity index (χ1n) is 7.60. The van der Waals surface area contributed by atoms with Gasteiger partial charge in [-0.2, -0.15) is 4.31 Å². The van der Waals surface area contributed by atoms with E-state index >= 15 is 0 Å². The van der Waals surface area contributed by atoms with Crippen LogP contribution in [0.15, 0.2) is 46.0 Å². The van der Waals surface area contributed by atoms with Gasteiger partial charge in [-0.05, 0) is 37.1 Å². The standard InChI is InChI=1S/C16H18N2O5S/c1-22-13-2-4-14(5-3-13)24(20,21)18-9-6-12(7-10-18)15(19)16-17-8-11-23-16/h2-5,8,11-12H,6-7,9-10H2,1H3. The molecule has 24 heavy (non-hydrogen) atoms. The second kappa shape index (κ2) is 6.74. The van der Waals surface area contributed by atoms with Crippen molar-refractivity contribution in [2.75, 3.05) is 20.2 Å². The molecule has 0 atom stereocenters. The molecule has 1 fully saturated rings. The molecule has 1 aromatic carbocycles. The number of ether oxygens (including phenoxy) is 1. The lowest BCUT2D eigenvalue weighted by molar-refractivity contribution is 0.0839. The SMILES string of the molecule is COc1ccc(S(=O)(=O)N2CCC(C(=O)c3ncco3)CC2)cc1. The van der Waals surface area contributed by atoms with Gasteiger partial charge in [-0.25, -0.2) is 13.4 Å².